The van der Waals surface area contributed by atoms with Crippen LogP contribution in [0.15, 0.2) is 33.8 Å². The van der Waals surface area contributed by atoms with Crippen LogP contribution in [0.1, 0.15) is 18.4 Å². The molecular weight excluding hydrogens is 266 g/mol. The van der Waals surface area contributed by atoms with Gasteiger partial charge in [0, 0.05) is 38.7 Å². The van der Waals surface area contributed by atoms with Gasteiger partial charge in [-0.25, -0.2) is 0 Å². The van der Waals surface area contributed by atoms with Crippen LogP contribution < -0.4 is 0 Å². The van der Waals surface area contributed by atoms with Gasteiger partial charge in [0.2, 0.25) is 11.7 Å². The SMILES string of the molecule is C=NC.CCN(C)C(=N)c1ccc(-c2noc(C)n2)cc1. The van der Waals surface area contributed by atoms with Crippen LogP contribution in [0.2, 0.25) is 0 Å². The maximum Gasteiger partial charge on any atom is 0.223 e. The van der Waals surface area contributed by atoms with E-state index in [9.17, 15) is 0 Å². The van der Waals surface area contributed by atoms with Crippen molar-refractivity contribution in [3.63, 3.8) is 0 Å². The molecule has 0 unspecified atom stereocenters. The Balaban J connectivity index is 0.000000677. The zero-order valence-electron chi connectivity index (χ0n) is 12.9. The van der Waals surface area contributed by atoms with E-state index in [4.69, 9.17) is 9.93 Å². The number of aromatic nitrogens is 2. The Morgan fingerprint density at radius 1 is 1.38 bits per heavy atom. The molecule has 0 aliphatic carbocycles. The molecule has 0 amide bonds. The maximum atomic E-state index is 7.99. The number of aryl methyl sites for hydroxylation is 1. The third-order valence-corrected chi connectivity index (χ3v) is 2.80. The summed E-state index contributed by atoms with van der Waals surface area (Å²) in [5.41, 5.74) is 1.77. The second kappa shape index (κ2) is 7.94. The largest absolute Gasteiger partial charge is 0.360 e. The summed E-state index contributed by atoms with van der Waals surface area (Å²) < 4.78 is 4.94. The molecule has 0 fully saturated rings. The first-order chi connectivity index (χ1) is 10.0. The van der Waals surface area contributed by atoms with Gasteiger partial charge in [-0.15, -0.1) is 0 Å². The van der Waals surface area contributed by atoms with Crippen LogP contribution in [0.4, 0.5) is 0 Å². The van der Waals surface area contributed by atoms with Crippen molar-refractivity contribution < 1.29 is 4.52 Å². The fourth-order valence-corrected chi connectivity index (χ4v) is 1.57. The Labute approximate surface area is 125 Å². The lowest BCUT2D eigenvalue weighted by molar-refractivity contribution is 0.394. The molecule has 0 spiro atoms. The van der Waals surface area contributed by atoms with Gasteiger partial charge in [-0.05, 0) is 13.6 Å². The summed E-state index contributed by atoms with van der Waals surface area (Å²) in [6, 6.07) is 7.60. The first kappa shape index (κ1) is 16.6. The van der Waals surface area contributed by atoms with Gasteiger partial charge in [-0.1, -0.05) is 29.4 Å². The molecule has 0 atom stereocenters. The average Bonchev–Trinajstić information content (AvgIpc) is 2.93. The minimum absolute atomic E-state index is 0.508. The van der Waals surface area contributed by atoms with Crippen molar-refractivity contribution in [3.05, 3.63) is 35.7 Å². The van der Waals surface area contributed by atoms with E-state index in [1.165, 1.54) is 0 Å². The van der Waals surface area contributed by atoms with Crippen molar-refractivity contribution in [1.29, 1.82) is 5.41 Å². The molecule has 1 aromatic heterocycles. The summed E-state index contributed by atoms with van der Waals surface area (Å²) in [5.74, 6) is 1.63. The van der Waals surface area contributed by atoms with E-state index in [1.54, 1.807) is 14.0 Å². The van der Waals surface area contributed by atoms with Gasteiger partial charge in [-0.2, -0.15) is 4.98 Å². The molecule has 1 heterocycles. The summed E-state index contributed by atoms with van der Waals surface area (Å²) in [5, 5.41) is 11.9. The minimum atomic E-state index is 0.508. The quantitative estimate of drug-likeness (QED) is 0.695. The number of aliphatic imine (C=N–C) groups is 1. The summed E-state index contributed by atoms with van der Waals surface area (Å²) >= 11 is 0. The van der Waals surface area contributed by atoms with Crippen LogP contribution >= 0.6 is 0 Å². The Bertz CT molecular complexity index is 588. The van der Waals surface area contributed by atoms with Crippen molar-refractivity contribution in [2.24, 2.45) is 4.99 Å². The number of nitrogens with zero attached hydrogens (tertiary/aromatic N) is 4. The van der Waals surface area contributed by atoms with Crippen LogP contribution in [-0.2, 0) is 0 Å². The highest BCUT2D eigenvalue weighted by molar-refractivity contribution is 5.96. The first-order valence-corrected chi connectivity index (χ1v) is 6.59. The lowest BCUT2D eigenvalue weighted by Gasteiger charge is -2.17. The Hall–Kier alpha value is -2.50. The maximum absolute atomic E-state index is 7.99. The second-order valence-electron chi connectivity index (χ2n) is 4.39. The van der Waals surface area contributed by atoms with Gasteiger partial charge >= 0.3 is 0 Å². The molecule has 0 saturated heterocycles. The zero-order chi connectivity index (χ0) is 15.8. The third-order valence-electron chi connectivity index (χ3n) is 2.80. The van der Waals surface area contributed by atoms with Gasteiger partial charge in [0.25, 0.3) is 0 Å². The fraction of sp³-hybridized carbons (Fsp3) is 0.333. The predicted molar refractivity (Wildman–Crippen MR) is 85.1 cm³/mol. The Morgan fingerprint density at radius 3 is 2.38 bits per heavy atom. The zero-order valence-corrected chi connectivity index (χ0v) is 12.9. The fourth-order valence-electron chi connectivity index (χ4n) is 1.57. The highest BCUT2D eigenvalue weighted by atomic mass is 16.5. The number of hydrogen-bond acceptors (Lipinski definition) is 5. The molecule has 0 aliphatic heterocycles. The van der Waals surface area contributed by atoms with Gasteiger partial charge < -0.3 is 14.4 Å². The molecule has 6 nitrogen and oxygen atoms in total. The van der Waals surface area contributed by atoms with E-state index in [0.29, 0.717) is 17.6 Å². The average molecular weight is 287 g/mol. The first-order valence-electron chi connectivity index (χ1n) is 6.59. The number of rotatable bonds is 3. The van der Waals surface area contributed by atoms with E-state index in [-0.39, 0.29) is 0 Å². The molecule has 2 aromatic rings. The molecule has 2 rings (SSSR count). The molecule has 6 heteroatoms. The number of amidine groups is 1. The van der Waals surface area contributed by atoms with Crippen molar-refractivity contribution in [1.82, 2.24) is 15.0 Å². The molecule has 0 aliphatic rings. The van der Waals surface area contributed by atoms with Crippen molar-refractivity contribution in [2.75, 3.05) is 20.6 Å². The molecule has 112 valence electrons. The standard InChI is InChI=1S/C13H16N4O.C2H5N/c1-4-17(3)12(14)10-5-7-11(8-6-10)13-15-9(2)18-16-13;1-3-2/h5-8,14H,4H2,1-3H3;1H2,2H3. The molecule has 21 heavy (non-hydrogen) atoms. The second-order valence-corrected chi connectivity index (χ2v) is 4.39. The molecule has 1 aromatic carbocycles. The topological polar surface area (TPSA) is 78.4 Å². The highest BCUT2D eigenvalue weighted by Gasteiger charge is 2.08. The normalized spacial score (nSPS) is 9.52. The van der Waals surface area contributed by atoms with Crippen LogP contribution in [0.3, 0.4) is 0 Å². The Kier molecular flexibility index (Phi) is 6.26. The van der Waals surface area contributed by atoms with E-state index < -0.39 is 0 Å². The molecule has 0 bridgehead atoms. The van der Waals surface area contributed by atoms with Crippen LogP contribution in [-0.4, -0.2) is 48.2 Å². The Morgan fingerprint density at radius 2 is 1.95 bits per heavy atom. The smallest absolute Gasteiger partial charge is 0.223 e. The number of nitrogens with one attached hydrogen (secondary N) is 1. The summed E-state index contributed by atoms with van der Waals surface area (Å²) in [6.07, 6.45) is 0. The van der Waals surface area contributed by atoms with E-state index in [0.717, 1.165) is 17.7 Å². The summed E-state index contributed by atoms with van der Waals surface area (Å²) in [7, 11) is 3.54. The van der Waals surface area contributed by atoms with Crippen molar-refractivity contribution in [3.8, 4) is 11.4 Å². The van der Waals surface area contributed by atoms with Crippen LogP contribution in [0, 0.1) is 12.3 Å². The van der Waals surface area contributed by atoms with Crippen molar-refractivity contribution >= 4 is 12.6 Å². The molecule has 0 radical (unpaired) electrons. The van der Waals surface area contributed by atoms with E-state index >= 15 is 0 Å². The van der Waals surface area contributed by atoms with Gasteiger partial charge in [0.15, 0.2) is 0 Å². The van der Waals surface area contributed by atoms with Crippen LogP contribution in [0.5, 0.6) is 0 Å². The lowest BCUT2D eigenvalue weighted by atomic mass is 10.1. The molecular formula is C15H21N5O. The number of benzene rings is 1. The van der Waals surface area contributed by atoms with Crippen molar-refractivity contribution in [2.45, 2.75) is 13.8 Å². The van der Waals surface area contributed by atoms with Gasteiger partial charge in [0.1, 0.15) is 5.84 Å². The lowest BCUT2D eigenvalue weighted by Crippen LogP contribution is -2.26. The van der Waals surface area contributed by atoms with E-state index in [1.807, 2.05) is 43.1 Å². The van der Waals surface area contributed by atoms with Crippen LogP contribution in [0.25, 0.3) is 11.4 Å². The summed E-state index contributed by atoms with van der Waals surface area (Å²) in [4.78, 5) is 9.30. The summed E-state index contributed by atoms with van der Waals surface area (Å²) in [6.45, 7) is 7.70. The third kappa shape index (κ3) is 4.52. The number of hydrogen-bond donors (Lipinski definition) is 1. The van der Waals surface area contributed by atoms with E-state index in [2.05, 4.69) is 21.9 Å². The van der Waals surface area contributed by atoms with Gasteiger partial charge in [0.05, 0.1) is 0 Å². The molecule has 0 saturated carbocycles. The molecule has 1 N–H and O–H groups in total. The van der Waals surface area contributed by atoms with Gasteiger partial charge in [-0.3, -0.25) is 5.41 Å². The monoisotopic (exact) mass is 287 g/mol. The predicted octanol–water partition coefficient (Wildman–Crippen LogP) is 2.64. The minimum Gasteiger partial charge on any atom is -0.360 e. The highest BCUT2D eigenvalue weighted by Crippen LogP contribution is 2.16.